The predicted octanol–water partition coefficient (Wildman–Crippen LogP) is 5.51. The Bertz CT molecular complexity index is 1330. The Morgan fingerprint density at radius 2 is 1.84 bits per heavy atom. The van der Waals surface area contributed by atoms with Crippen LogP contribution in [0.25, 0.3) is 16.6 Å². The molecule has 0 bridgehead atoms. The fraction of sp³-hybridized carbons (Fsp3) is 0.143. The van der Waals surface area contributed by atoms with Crippen molar-refractivity contribution in [2.75, 3.05) is 0 Å². The molecule has 0 radical (unpaired) electrons. The largest absolute Gasteiger partial charge is 0.493 e. The van der Waals surface area contributed by atoms with Crippen molar-refractivity contribution < 1.29 is 18.3 Å². The number of aromatic hydroxyl groups is 1. The van der Waals surface area contributed by atoms with Gasteiger partial charge >= 0.3 is 11.2 Å². The molecule has 4 rings (SSSR count). The number of pyridine rings is 1. The van der Waals surface area contributed by atoms with Gasteiger partial charge in [0.15, 0.2) is 0 Å². The fourth-order valence-corrected chi connectivity index (χ4v) is 4.21. The third-order valence-electron chi connectivity index (χ3n) is 4.82. The summed E-state index contributed by atoms with van der Waals surface area (Å²) in [5.41, 5.74) is -2.94. The molecule has 0 aliphatic rings. The maximum absolute atomic E-state index is 13.1. The Morgan fingerprint density at radius 3 is 2.52 bits per heavy atom. The number of hydrogen-bond donors (Lipinski definition) is 1. The molecule has 2 aromatic carbocycles. The molecule has 2 heterocycles. The summed E-state index contributed by atoms with van der Waals surface area (Å²) >= 11 is 6.09. The molecule has 5 nitrogen and oxygen atoms in total. The minimum Gasteiger partial charge on any atom is -0.493 e. The molecule has 160 valence electrons. The number of fused-ring (bicyclic) bond motifs is 1. The molecule has 4 aromatic rings. The van der Waals surface area contributed by atoms with Crippen LogP contribution in [0.4, 0.5) is 13.2 Å². The van der Waals surface area contributed by atoms with Crippen LogP contribution in [0.2, 0.25) is 5.02 Å². The molecular formula is C21H15ClF3N3O2S. The first-order valence-electron chi connectivity index (χ1n) is 9.05. The van der Waals surface area contributed by atoms with Crippen molar-refractivity contribution >= 4 is 34.3 Å². The predicted molar refractivity (Wildman–Crippen MR) is 114 cm³/mol. The van der Waals surface area contributed by atoms with Crippen LogP contribution in [-0.4, -0.2) is 24.7 Å². The van der Waals surface area contributed by atoms with Gasteiger partial charge in [-0.05, 0) is 66.7 Å². The number of imidazole rings is 1. The lowest BCUT2D eigenvalue weighted by Crippen LogP contribution is -2.24. The molecule has 0 unspecified atom stereocenters. The molecule has 0 spiro atoms. The molecule has 2 aromatic heterocycles. The summed E-state index contributed by atoms with van der Waals surface area (Å²) in [7, 11) is 0. The van der Waals surface area contributed by atoms with Crippen LogP contribution in [0.3, 0.4) is 0 Å². The van der Waals surface area contributed by atoms with Crippen molar-refractivity contribution in [3.8, 4) is 11.6 Å². The summed E-state index contributed by atoms with van der Waals surface area (Å²) in [6.45, 7) is 1.72. The monoisotopic (exact) mass is 465 g/mol. The number of benzene rings is 2. The summed E-state index contributed by atoms with van der Waals surface area (Å²) < 4.78 is 40.1. The van der Waals surface area contributed by atoms with Crippen LogP contribution in [0.1, 0.15) is 11.3 Å². The molecular weight excluding hydrogens is 451 g/mol. The lowest BCUT2D eigenvalue weighted by Gasteiger charge is -2.09. The van der Waals surface area contributed by atoms with E-state index in [0.717, 1.165) is 10.1 Å². The van der Waals surface area contributed by atoms with Gasteiger partial charge in [-0.1, -0.05) is 17.7 Å². The number of nitrogens with zero attached hydrogens (tertiary/aromatic N) is 3. The number of halogens is 4. The van der Waals surface area contributed by atoms with E-state index in [1.54, 1.807) is 31.3 Å². The molecule has 10 heteroatoms. The Morgan fingerprint density at radius 1 is 1.13 bits per heavy atom. The van der Waals surface area contributed by atoms with Crippen molar-refractivity contribution in [3.63, 3.8) is 0 Å². The van der Waals surface area contributed by atoms with Gasteiger partial charge in [-0.15, -0.1) is 0 Å². The third kappa shape index (κ3) is 4.15. The molecule has 0 atom stereocenters. The summed E-state index contributed by atoms with van der Waals surface area (Å²) in [6.07, 6.45) is 1.61. The van der Waals surface area contributed by atoms with Gasteiger partial charge in [0.05, 0.1) is 28.5 Å². The summed E-state index contributed by atoms with van der Waals surface area (Å²) in [5.74, 6) is -0.286. The van der Waals surface area contributed by atoms with Crippen LogP contribution in [0.5, 0.6) is 5.88 Å². The SMILES string of the molecule is Cc1c(O)n(-c2ccc(SC(F)(F)F)cc2)c(=O)n1Cc1ccnc2cccc(Cl)c12. The maximum atomic E-state index is 13.1. The standard InChI is InChI=1S/C21H15ClF3N3O2S/c1-12-19(29)28(14-5-7-15(8-6-14)31-21(23,24)25)20(30)27(12)11-13-9-10-26-17-4-2-3-16(22)18(13)17/h2-10,29H,11H2,1H3. The zero-order chi connectivity index (χ0) is 22.3. The van der Waals surface area contributed by atoms with Crippen molar-refractivity contribution in [1.82, 2.24) is 14.1 Å². The molecule has 0 aliphatic heterocycles. The van der Waals surface area contributed by atoms with Gasteiger partial charge in [-0.25, -0.2) is 9.36 Å². The van der Waals surface area contributed by atoms with Gasteiger partial charge in [-0.3, -0.25) is 9.55 Å². The van der Waals surface area contributed by atoms with E-state index < -0.39 is 11.2 Å². The topological polar surface area (TPSA) is 60.1 Å². The Balaban J connectivity index is 1.75. The third-order valence-corrected chi connectivity index (χ3v) is 5.88. The Labute approximate surface area is 183 Å². The quantitative estimate of drug-likeness (QED) is 0.403. The number of aromatic nitrogens is 3. The van der Waals surface area contributed by atoms with Crippen molar-refractivity contribution in [3.05, 3.63) is 81.5 Å². The summed E-state index contributed by atoms with van der Waals surface area (Å²) in [4.78, 5) is 17.4. The van der Waals surface area contributed by atoms with Crippen molar-refractivity contribution in [2.24, 2.45) is 0 Å². The van der Waals surface area contributed by atoms with Crippen LogP contribution in [-0.2, 0) is 6.54 Å². The van der Waals surface area contributed by atoms with Crippen LogP contribution < -0.4 is 5.69 Å². The lowest BCUT2D eigenvalue weighted by molar-refractivity contribution is -0.0328. The summed E-state index contributed by atoms with van der Waals surface area (Å²) in [5, 5.41) is 11.8. The Hall–Kier alpha value is -2.91. The van der Waals surface area contributed by atoms with Gasteiger partial charge < -0.3 is 5.11 Å². The highest BCUT2D eigenvalue weighted by Gasteiger charge is 2.29. The zero-order valence-corrected chi connectivity index (χ0v) is 17.6. The van der Waals surface area contributed by atoms with Crippen molar-refractivity contribution in [1.29, 1.82) is 0 Å². The maximum Gasteiger partial charge on any atom is 0.446 e. The van der Waals surface area contributed by atoms with Crippen LogP contribution in [0.15, 0.2) is 64.4 Å². The highest BCUT2D eigenvalue weighted by atomic mass is 35.5. The van der Waals surface area contributed by atoms with E-state index in [1.165, 1.54) is 28.8 Å². The number of thioether (sulfide) groups is 1. The first-order valence-corrected chi connectivity index (χ1v) is 10.2. The smallest absolute Gasteiger partial charge is 0.446 e. The molecule has 0 saturated carbocycles. The summed E-state index contributed by atoms with van der Waals surface area (Å²) in [6, 6.07) is 12.3. The molecule has 0 amide bonds. The molecule has 1 N–H and O–H groups in total. The average Bonchev–Trinajstić information content (AvgIpc) is 2.91. The number of rotatable bonds is 4. The normalized spacial score (nSPS) is 11.9. The van der Waals surface area contributed by atoms with E-state index in [0.29, 0.717) is 21.6 Å². The second-order valence-corrected chi connectivity index (χ2v) is 8.30. The van der Waals surface area contributed by atoms with Gasteiger partial charge in [0, 0.05) is 16.5 Å². The van der Waals surface area contributed by atoms with E-state index in [9.17, 15) is 23.1 Å². The first-order chi connectivity index (χ1) is 14.7. The molecule has 31 heavy (non-hydrogen) atoms. The fourth-order valence-electron chi connectivity index (χ4n) is 3.38. The van der Waals surface area contributed by atoms with Gasteiger partial charge in [0.25, 0.3) is 0 Å². The van der Waals surface area contributed by atoms with E-state index in [1.807, 2.05) is 6.07 Å². The molecule has 0 saturated heterocycles. The van der Waals surface area contributed by atoms with Crippen LogP contribution >= 0.6 is 23.4 Å². The van der Waals surface area contributed by atoms with Crippen LogP contribution in [0, 0.1) is 6.92 Å². The highest BCUT2D eigenvalue weighted by molar-refractivity contribution is 8.00. The minimum atomic E-state index is -4.41. The van der Waals surface area contributed by atoms with E-state index in [2.05, 4.69) is 4.98 Å². The highest BCUT2D eigenvalue weighted by Crippen LogP contribution is 2.37. The van der Waals surface area contributed by atoms with Gasteiger partial charge in [-0.2, -0.15) is 13.2 Å². The van der Waals surface area contributed by atoms with Crippen molar-refractivity contribution in [2.45, 2.75) is 23.9 Å². The van der Waals surface area contributed by atoms with E-state index in [4.69, 9.17) is 11.6 Å². The Kier molecular flexibility index (Phi) is 5.49. The average molecular weight is 466 g/mol. The number of hydrogen-bond acceptors (Lipinski definition) is 4. The van der Waals surface area contributed by atoms with Gasteiger partial charge in [0.2, 0.25) is 5.88 Å². The second kappa shape index (κ2) is 7.97. The molecule has 0 fully saturated rings. The number of alkyl halides is 3. The van der Waals surface area contributed by atoms with Gasteiger partial charge in [0.1, 0.15) is 0 Å². The lowest BCUT2D eigenvalue weighted by atomic mass is 10.1. The van der Waals surface area contributed by atoms with E-state index in [-0.39, 0.29) is 34.8 Å². The minimum absolute atomic E-state index is 0.0159. The second-order valence-electron chi connectivity index (χ2n) is 6.76. The van der Waals surface area contributed by atoms with E-state index >= 15 is 0 Å². The first kappa shape index (κ1) is 21.3. The zero-order valence-electron chi connectivity index (χ0n) is 16.0. The molecule has 0 aliphatic carbocycles.